The normalized spacial score (nSPS) is 12.5. The van der Waals surface area contributed by atoms with E-state index in [4.69, 9.17) is 0 Å². The maximum Gasteiger partial charge on any atom is 0.233 e. The van der Waals surface area contributed by atoms with E-state index >= 15 is 0 Å². The van der Waals surface area contributed by atoms with Crippen LogP contribution in [0.25, 0.3) is 0 Å². The van der Waals surface area contributed by atoms with Crippen molar-refractivity contribution in [3.8, 4) is 0 Å². The lowest BCUT2D eigenvalue weighted by Crippen LogP contribution is -2.12. The summed E-state index contributed by atoms with van der Waals surface area (Å²) >= 11 is 5.44. The molecule has 50 valence electrons. The molecule has 0 spiro atoms. The van der Waals surface area contributed by atoms with Crippen LogP contribution in [0, 0.1) is 0 Å². The molecule has 0 N–H and O–H groups in total. The van der Waals surface area contributed by atoms with Crippen molar-refractivity contribution < 1.29 is 8.42 Å². The molecule has 3 nitrogen and oxygen atoms in total. The van der Waals surface area contributed by atoms with Crippen LogP contribution in [0.15, 0.2) is 0 Å². The molecule has 0 aromatic carbocycles. The summed E-state index contributed by atoms with van der Waals surface area (Å²) in [5.74, 6) is 0.0868. The van der Waals surface area contributed by atoms with Gasteiger partial charge < -0.3 is 0 Å². The van der Waals surface area contributed by atoms with E-state index < -0.39 is 10.0 Å². The molecule has 0 aliphatic carbocycles. The topological polar surface area (TPSA) is 37.4 Å². The summed E-state index contributed by atoms with van der Waals surface area (Å²) < 4.78 is 21.9. The Morgan fingerprint density at radius 3 is 1.88 bits per heavy atom. The number of nitrogens with zero attached hydrogens (tertiary/aromatic N) is 1. The highest BCUT2D eigenvalue weighted by Gasteiger charge is 2.12. The maximum absolute atomic E-state index is 10.5. The summed E-state index contributed by atoms with van der Waals surface area (Å²) in [4.78, 5) is 0. The first kappa shape index (κ1) is 8.87. The molecule has 0 aliphatic rings. The highest BCUT2D eigenvalue weighted by Crippen LogP contribution is 2.12. The Morgan fingerprint density at radius 1 is 1.50 bits per heavy atom. The van der Waals surface area contributed by atoms with Crippen molar-refractivity contribution in [1.29, 1.82) is 0 Å². The number of hydrogen-bond acceptors (Lipinski definition) is 2. The summed E-state index contributed by atoms with van der Waals surface area (Å²) in [6, 6.07) is 0. The second-order valence-corrected chi connectivity index (χ2v) is 6.49. The van der Waals surface area contributed by atoms with Crippen LogP contribution in [-0.2, 0) is 10.0 Å². The lowest BCUT2D eigenvalue weighted by atomic mass is 11.0. The van der Waals surface area contributed by atoms with E-state index in [2.05, 4.69) is 32.3 Å². The van der Waals surface area contributed by atoms with Crippen LogP contribution in [0.1, 0.15) is 6.92 Å². The Kier molecular flexibility index (Phi) is 3.49. The molecule has 0 aromatic heterocycles. The second kappa shape index (κ2) is 3.14. The molecule has 0 unspecified atom stereocenters. The quantitative estimate of drug-likeness (QED) is 0.706. The van der Waals surface area contributed by atoms with E-state index in [1.807, 2.05) is 0 Å². The van der Waals surface area contributed by atoms with Gasteiger partial charge >= 0.3 is 0 Å². The van der Waals surface area contributed by atoms with Gasteiger partial charge in [-0.1, -0.05) is 2.36 Å². The van der Waals surface area contributed by atoms with Gasteiger partial charge in [-0.3, -0.25) is 0 Å². The number of rotatable bonds is 2. The standard InChI is InChI=1S/C2H5Br2NO2S/c1-2-8(6,7)5(3)4/h2H2,1H3. The summed E-state index contributed by atoms with van der Waals surface area (Å²) in [6.45, 7) is 1.56. The van der Waals surface area contributed by atoms with Crippen LogP contribution < -0.4 is 0 Å². The molecule has 0 atom stereocenters. The number of sulfonamides is 1. The first-order chi connectivity index (χ1) is 3.50. The average molecular weight is 267 g/mol. The van der Waals surface area contributed by atoms with E-state index in [9.17, 15) is 8.42 Å². The predicted molar refractivity (Wildman–Crippen MR) is 39.2 cm³/mol. The van der Waals surface area contributed by atoms with Crippen LogP contribution >= 0.6 is 32.3 Å². The molecule has 0 bridgehead atoms. The van der Waals surface area contributed by atoms with Gasteiger partial charge in [0.15, 0.2) is 0 Å². The van der Waals surface area contributed by atoms with Gasteiger partial charge in [-0.15, -0.1) is 0 Å². The Morgan fingerprint density at radius 2 is 1.88 bits per heavy atom. The Labute approximate surface area is 65.8 Å². The van der Waals surface area contributed by atoms with Gasteiger partial charge in [-0.2, -0.15) is 0 Å². The van der Waals surface area contributed by atoms with Crippen LogP contribution in [0.5, 0.6) is 0 Å². The minimum absolute atomic E-state index is 0.0868. The van der Waals surface area contributed by atoms with Crippen LogP contribution in [0.4, 0.5) is 0 Å². The Hall–Kier alpha value is 0.870. The molecule has 0 heterocycles. The smallest absolute Gasteiger partial charge is 0.211 e. The maximum atomic E-state index is 10.5. The van der Waals surface area contributed by atoms with Gasteiger partial charge in [0.25, 0.3) is 0 Å². The van der Waals surface area contributed by atoms with Gasteiger partial charge in [0.1, 0.15) is 0 Å². The van der Waals surface area contributed by atoms with E-state index in [1.165, 1.54) is 0 Å². The summed E-state index contributed by atoms with van der Waals surface area (Å²) in [6.07, 6.45) is 0. The summed E-state index contributed by atoms with van der Waals surface area (Å²) in [7, 11) is -3.07. The van der Waals surface area contributed by atoms with Gasteiger partial charge in [-0.05, 0) is 6.92 Å². The third-order valence-electron chi connectivity index (χ3n) is 0.575. The first-order valence-corrected chi connectivity index (χ1v) is 4.88. The van der Waals surface area contributed by atoms with Crippen molar-refractivity contribution in [3.63, 3.8) is 0 Å². The fourth-order valence-corrected chi connectivity index (χ4v) is 1.52. The molecule has 0 saturated heterocycles. The molecule has 0 fully saturated rings. The van der Waals surface area contributed by atoms with E-state index in [-0.39, 0.29) is 5.75 Å². The molecule has 6 heteroatoms. The average Bonchev–Trinajstić information content (AvgIpc) is 1.67. The van der Waals surface area contributed by atoms with E-state index in [0.717, 1.165) is 2.36 Å². The van der Waals surface area contributed by atoms with Crippen molar-refractivity contribution in [1.82, 2.24) is 2.36 Å². The molecule has 0 aliphatic heterocycles. The lowest BCUT2D eigenvalue weighted by molar-refractivity contribution is 0.586. The minimum atomic E-state index is -3.07. The number of halogens is 2. The fraction of sp³-hybridized carbons (Fsp3) is 1.00. The van der Waals surface area contributed by atoms with Crippen LogP contribution in [0.2, 0.25) is 0 Å². The van der Waals surface area contributed by atoms with Crippen LogP contribution in [-0.4, -0.2) is 16.5 Å². The molecular formula is C2H5Br2NO2S. The van der Waals surface area contributed by atoms with E-state index in [1.54, 1.807) is 6.92 Å². The Balaban J connectivity index is 4.17. The van der Waals surface area contributed by atoms with Gasteiger partial charge in [0, 0.05) is 32.3 Å². The van der Waals surface area contributed by atoms with Crippen molar-refractivity contribution in [2.45, 2.75) is 6.92 Å². The van der Waals surface area contributed by atoms with Crippen molar-refractivity contribution in [2.24, 2.45) is 0 Å². The third-order valence-corrected chi connectivity index (χ3v) is 4.37. The zero-order valence-corrected chi connectivity index (χ0v) is 8.12. The number of hydrogen-bond donors (Lipinski definition) is 0. The van der Waals surface area contributed by atoms with Crippen LogP contribution in [0.3, 0.4) is 0 Å². The molecule has 0 rings (SSSR count). The largest absolute Gasteiger partial charge is 0.233 e. The fourth-order valence-electron chi connectivity index (χ4n) is 0.0976. The van der Waals surface area contributed by atoms with Crippen molar-refractivity contribution >= 4 is 42.3 Å². The lowest BCUT2D eigenvalue weighted by Gasteiger charge is -2.01. The van der Waals surface area contributed by atoms with Crippen molar-refractivity contribution in [3.05, 3.63) is 0 Å². The SMILES string of the molecule is CCS(=O)(=O)N(Br)Br. The molecule has 0 radical (unpaired) electrons. The molecule has 0 amide bonds. The van der Waals surface area contributed by atoms with Gasteiger partial charge in [0.05, 0.1) is 5.75 Å². The molecule has 0 aromatic rings. The highest BCUT2D eigenvalue weighted by molar-refractivity contribution is 9.22. The predicted octanol–water partition coefficient (Wildman–Crippen LogP) is 1.26. The monoisotopic (exact) mass is 265 g/mol. The summed E-state index contributed by atoms with van der Waals surface area (Å²) in [5.41, 5.74) is 0. The van der Waals surface area contributed by atoms with Gasteiger partial charge in [-0.25, -0.2) is 8.42 Å². The Bertz CT molecular complexity index is 151. The minimum Gasteiger partial charge on any atom is -0.211 e. The van der Waals surface area contributed by atoms with E-state index in [0.29, 0.717) is 0 Å². The zero-order chi connectivity index (χ0) is 6.78. The second-order valence-electron chi connectivity index (χ2n) is 1.07. The third kappa shape index (κ3) is 2.43. The summed E-state index contributed by atoms with van der Waals surface area (Å²) in [5, 5.41) is 0. The zero-order valence-electron chi connectivity index (χ0n) is 4.13. The van der Waals surface area contributed by atoms with Crippen molar-refractivity contribution in [2.75, 3.05) is 5.75 Å². The molecule has 0 saturated carbocycles. The molecule has 8 heavy (non-hydrogen) atoms. The first-order valence-electron chi connectivity index (χ1n) is 1.85. The highest BCUT2D eigenvalue weighted by atomic mass is 79.9. The van der Waals surface area contributed by atoms with Gasteiger partial charge in [0.2, 0.25) is 10.0 Å². The molecular weight excluding hydrogens is 262 g/mol.